The number of imide groups is 2. The number of nitrogens with one attached hydrogen (secondary N) is 1. The van der Waals surface area contributed by atoms with Crippen LogP contribution in [-0.2, 0) is 14.3 Å². The largest absolute Gasteiger partial charge is 0.490 e. The zero-order chi connectivity index (χ0) is 21.8. The van der Waals surface area contributed by atoms with Gasteiger partial charge >= 0.3 is 0 Å². The first-order chi connectivity index (χ1) is 15.1. The Balaban J connectivity index is 1.33. The number of fused-ring (bicyclic) bond motifs is 1. The SMILES string of the molecule is O=C1CCC(N2C(=O)c3cccc(OCCOCCC4CCCCC4)c3C2=O)C(=O)N1. The van der Waals surface area contributed by atoms with Crippen LogP contribution in [0.2, 0.25) is 0 Å². The Labute approximate surface area is 181 Å². The molecule has 8 nitrogen and oxygen atoms in total. The van der Waals surface area contributed by atoms with E-state index in [1.54, 1.807) is 18.2 Å². The molecule has 0 bridgehead atoms. The van der Waals surface area contributed by atoms with E-state index in [1.165, 1.54) is 32.1 Å². The Morgan fingerprint density at radius 3 is 2.52 bits per heavy atom. The summed E-state index contributed by atoms with van der Waals surface area (Å²) in [5.41, 5.74) is 0.379. The third-order valence-corrected chi connectivity index (χ3v) is 6.31. The number of piperidine rings is 1. The van der Waals surface area contributed by atoms with Crippen molar-refractivity contribution < 1.29 is 28.7 Å². The molecule has 8 heteroatoms. The smallest absolute Gasteiger partial charge is 0.266 e. The lowest BCUT2D eigenvalue weighted by molar-refractivity contribution is -0.136. The van der Waals surface area contributed by atoms with Crippen LogP contribution in [0.5, 0.6) is 5.75 Å². The van der Waals surface area contributed by atoms with Gasteiger partial charge in [-0.15, -0.1) is 0 Å². The molecule has 1 saturated carbocycles. The van der Waals surface area contributed by atoms with Crippen molar-refractivity contribution in [1.82, 2.24) is 10.2 Å². The fourth-order valence-electron chi connectivity index (χ4n) is 4.64. The van der Waals surface area contributed by atoms with Gasteiger partial charge in [0.25, 0.3) is 11.8 Å². The van der Waals surface area contributed by atoms with Gasteiger partial charge in [-0.3, -0.25) is 29.4 Å². The predicted octanol–water partition coefficient (Wildman–Crippen LogP) is 2.45. The molecule has 2 heterocycles. The molecule has 1 aliphatic carbocycles. The van der Waals surface area contributed by atoms with Crippen molar-refractivity contribution >= 4 is 23.6 Å². The molecule has 2 aliphatic heterocycles. The predicted molar refractivity (Wildman–Crippen MR) is 111 cm³/mol. The molecule has 166 valence electrons. The number of hydrogen-bond donors (Lipinski definition) is 1. The van der Waals surface area contributed by atoms with Crippen molar-refractivity contribution in [2.45, 2.75) is 57.4 Å². The van der Waals surface area contributed by atoms with E-state index in [0.717, 1.165) is 17.2 Å². The van der Waals surface area contributed by atoms with Crippen LogP contribution in [0.15, 0.2) is 18.2 Å². The molecule has 31 heavy (non-hydrogen) atoms. The maximum absolute atomic E-state index is 13.0. The van der Waals surface area contributed by atoms with E-state index in [2.05, 4.69) is 5.32 Å². The fourth-order valence-corrected chi connectivity index (χ4v) is 4.64. The van der Waals surface area contributed by atoms with Crippen LogP contribution in [0.1, 0.15) is 72.1 Å². The van der Waals surface area contributed by atoms with E-state index < -0.39 is 29.7 Å². The minimum Gasteiger partial charge on any atom is -0.490 e. The van der Waals surface area contributed by atoms with E-state index in [0.29, 0.717) is 19.0 Å². The van der Waals surface area contributed by atoms with Crippen LogP contribution >= 0.6 is 0 Å². The normalized spacial score (nSPS) is 21.9. The standard InChI is InChI=1S/C23H28N2O6/c26-19-10-9-17(21(27)24-19)25-22(28)16-7-4-8-18(20(16)23(25)29)31-14-13-30-12-11-15-5-2-1-3-6-15/h4,7-8,15,17H,1-3,5-6,9-14H2,(H,24,26,27). The van der Waals surface area contributed by atoms with Crippen molar-refractivity contribution in [3.8, 4) is 5.75 Å². The third-order valence-electron chi connectivity index (χ3n) is 6.31. The lowest BCUT2D eigenvalue weighted by Crippen LogP contribution is -2.54. The van der Waals surface area contributed by atoms with Crippen LogP contribution in [0.4, 0.5) is 0 Å². The molecule has 1 N–H and O–H groups in total. The number of rotatable bonds is 8. The lowest BCUT2D eigenvalue weighted by Gasteiger charge is -2.27. The topological polar surface area (TPSA) is 102 Å². The molecular formula is C23H28N2O6. The summed E-state index contributed by atoms with van der Waals surface area (Å²) in [6, 6.07) is 3.85. The molecule has 2 fully saturated rings. The van der Waals surface area contributed by atoms with E-state index in [9.17, 15) is 19.2 Å². The number of amides is 4. The van der Waals surface area contributed by atoms with Crippen molar-refractivity contribution in [2.75, 3.05) is 19.8 Å². The zero-order valence-electron chi connectivity index (χ0n) is 17.6. The summed E-state index contributed by atoms with van der Waals surface area (Å²) in [4.78, 5) is 50.3. The number of carbonyl (C=O) groups excluding carboxylic acids is 4. The van der Waals surface area contributed by atoms with E-state index in [1.807, 2.05) is 0 Å². The number of carbonyl (C=O) groups is 4. The third kappa shape index (κ3) is 4.63. The molecule has 1 aromatic rings. The Morgan fingerprint density at radius 1 is 0.935 bits per heavy atom. The van der Waals surface area contributed by atoms with Crippen LogP contribution in [-0.4, -0.2) is 54.4 Å². The molecule has 0 spiro atoms. The number of nitrogens with zero attached hydrogens (tertiary/aromatic N) is 1. The number of benzene rings is 1. The average molecular weight is 428 g/mol. The molecule has 1 aromatic carbocycles. The quantitative estimate of drug-likeness (QED) is 0.504. The highest BCUT2D eigenvalue weighted by molar-refractivity contribution is 6.24. The summed E-state index contributed by atoms with van der Waals surface area (Å²) in [7, 11) is 0. The van der Waals surface area contributed by atoms with E-state index >= 15 is 0 Å². The maximum atomic E-state index is 13.0. The molecule has 1 unspecified atom stereocenters. The van der Waals surface area contributed by atoms with Crippen molar-refractivity contribution in [2.24, 2.45) is 5.92 Å². The molecule has 4 rings (SSSR count). The van der Waals surface area contributed by atoms with Gasteiger partial charge in [-0.2, -0.15) is 0 Å². The van der Waals surface area contributed by atoms with Crippen LogP contribution < -0.4 is 10.1 Å². The highest BCUT2D eigenvalue weighted by Crippen LogP contribution is 2.33. The molecule has 0 radical (unpaired) electrons. The summed E-state index contributed by atoms with van der Waals surface area (Å²) in [5.74, 6) is -1.06. The molecule has 3 aliphatic rings. The first-order valence-corrected chi connectivity index (χ1v) is 11.1. The Kier molecular flexibility index (Phi) is 6.65. The van der Waals surface area contributed by atoms with Gasteiger partial charge in [-0.25, -0.2) is 0 Å². The van der Waals surface area contributed by atoms with Crippen LogP contribution in [0.25, 0.3) is 0 Å². The van der Waals surface area contributed by atoms with Gasteiger partial charge in [-0.05, 0) is 30.9 Å². The minimum absolute atomic E-state index is 0.0887. The monoisotopic (exact) mass is 428 g/mol. The second-order valence-corrected chi connectivity index (χ2v) is 8.38. The Hall–Kier alpha value is -2.74. The second kappa shape index (κ2) is 9.60. The zero-order valence-corrected chi connectivity index (χ0v) is 17.6. The first kappa shape index (κ1) is 21.5. The Bertz CT molecular complexity index is 877. The molecule has 1 atom stereocenters. The second-order valence-electron chi connectivity index (χ2n) is 8.38. The summed E-state index contributed by atoms with van der Waals surface area (Å²) in [6.07, 6.45) is 7.83. The molecule has 4 amide bonds. The highest BCUT2D eigenvalue weighted by atomic mass is 16.5. The van der Waals surface area contributed by atoms with Crippen molar-refractivity contribution in [3.63, 3.8) is 0 Å². The van der Waals surface area contributed by atoms with Gasteiger partial charge in [0.15, 0.2) is 0 Å². The number of ether oxygens (including phenoxy) is 2. The molecule has 0 aromatic heterocycles. The van der Waals surface area contributed by atoms with Crippen LogP contribution in [0.3, 0.4) is 0 Å². The van der Waals surface area contributed by atoms with Crippen molar-refractivity contribution in [3.05, 3.63) is 29.3 Å². The van der Waals surface area contributed by atoms with E-state index in [-0.39, 0.29) is 30.6 Å². The van der Waals surface area contributed by atoms with E-state index in [4.69, 9.17) is 9.47 Å². The fraction of sp³-hybridized carbons (Fsp3) is 0.565. The summed E-state index contributed by atoms with van der Waals surface area (Å²) >= 11 is 0. The lowest BCUT2D eigenvalue weighted by atomic mass is 9.87. The summed E-state index contributed by atoms with van der Waals surface area (Å²) < 4.78 is 11.5. The molecule has 1 saturated heterocycles. The van der Waals surface area contributed by atoms with Crippen molar-refractivity contribution in [1.29, 1.82) is 0 Å². The summed E-state index contributed by atoms with van der Waals surface area (Å²) in [5, 5.41) is 2.19. The maximum Gasteiger partial charge on any atom is 0.266 e. The van der Waals surface area contributed by atoms with Gasteiger partial charge in [-0.1, -0.05) is 38.2 Å². The highest BCUT2D eigenvalue weighted by Gasteiger charge is 2.45. The van der Waals surface area contributed by atoms with Gasteiger partial charge in [0.2, 0.25) is 11.8 Å². The van der Waals surface area contributed by atoms with Gasteiger partial charge in [0, 0.05) is 13.0 Å². The van der Waals surface area contributed by atoms with Gasteiger partial charge in [0.05, 0.1) is 17.7 Å². The van der Waals surface area contributed by atoms with Gasteiger partial charge in [0.1, 0.15) is 18.4 Å². The average Bonchev–Trinajstić information content (AvgIpc) is 3.02. The first-order valence-electron chi connectivity index (χ1n) is 11.1. The molecular weight excluding hydrogens is 400 g/mol. The minimum atomic E-state index is -0.985. The summed E-state index contributed by atoms with van der Waals surface area (Å²) in [6.45, 7) is 1.36. The number of hydrogen-bond acceptors (Lipinski definition) is 6. The van der Waals surface area contributed by atoms with Crippen LogP contribution in [0, 0.1) is 5.92 Å². The Morgan fingerprint density at radius 2 is 1.74 bits per heavy atom. The van der Waals surface area contributed by atoms with Gasteiger partial charge < -0.3 is 9.47 Å².